The Labute approximate surface area is 135 Å². The Kier molecular flexibility index (Phi) is 5.13. The van der Waals surface area contributed by atoms with Gasteiger partial charge >= 0.3 is 11.9 Å². The fraction of sp³-hybridized carbons (Fsp3) is 0.529. The van der Waals surface area contributed by atoms with E-state index in [1.54, 1.807) is 25.1 Å². The highest BCUT2D eigenvalue weighted by Crippen LogP contribution is 2.32. The summed E-state index contributed by atoms with van der Waals surface area (Å²) in [6.07, 6.45) is -1.33. The Bertz CT molecular complexity index is 580. The fourth-order valence-electron chi connectivity index (χ4n) is 2.29. The van der Waals surface area contributed by atoms with E-state index in [1.807, 2.05) is 19.9 Å². The summed E-state index contributed by atoms with van der Waals surface area (Å²) in [5, 5.41) is 0. The lowest BCUT2D eigenvalue weighted by molar-refractivity contribution is -0.168. The van der Waals surface area contributed by atoms with E-state index in [9.17, 15) is 9.59 Å². The number of hydrogen-bond acceptors (Lipinski definition) is 6. The lowest BCUT2D eigenvalue weighted by Gasteiger charge is -2.24. The van der Waals surface area contributed by atoms with Crippen LogP contribution in [0.3, 0.4) is 0 Å². The Hall–Kier alpha value is -2.24. The van der Waals surface area contributed by atoms with Crippen LogP contribution >= 0.6 is 0 Å². The van der Waals surface area contributed by atoms with Crippen molar-refractivity contribution in [2.75, 3.05) is 13.7 Å². The molecule has 1 aliphatic heterocycles. The zero-order chi connectivity index (χ0) is 17.0. The topological polar surface area (TPSA) is 71.1 Å². The van der Waals surface area contributed by atoms with Gasteiger partial charge in [-0.05, 0) is 18.6 Å². The van der Waals surface area contributed by atoms with Gasteiger partial charge in [0.25, 0.3) is 0 Å². The zero-order valence-electron chi connectivity index (χ0n) is 13.8. The molecular weight excluding hydrogens is 300 g/mol. The van der Waals surface area contributed by atoms with Gasteiger partial charge in [0.1, 0.15) is 6.61 Å². The minimum absolute atomic E-state index is 0.230. The monoisotopic (exact) mass is 322 g/mol. The second-order valence-corrected chi connectivity index (χ2v) is 6.08. The predicted octanol–water partition coefficient (Wildman–Crippen LogP) is 2.35. The van der Waals surface area contributed by atoms with Gasteiger partial charge in [-0.3, -0.25) is 0 Å². The molecule has 23 heavy (non-hydrogen) atoms. The highest BCUT2D eigenvalue weighted by atomic mass is 16.6. The van der Waals surface area contributed by atoms with E-state index in [1.165, 1.54) is 7.11 Å². The summed E-state index contributed by atoms with van der Waals surface area (Å²) in [5.41, 5.74) is -0.546. The van der Waals surface area contributed by atoms with Crippen LogP contribution < -0.4 is 9.47 Å². The number of carbonyl (C=O) groups is 2. The van der Waals surface area contributed by atoms with Crippen molar-refractivity contribution in [1.29, 1.82) is 0 Å². The number of ether oxygens (including phenoxy) is 4. The van der Waals surface area contributed by atoms with Crippen molar-refractivity contribution >= 4 is 11.9 Å². The summed E-state index contributed by atoms with van der Waals surface area (Å²) in [7, 11) is 1.53. The Balaban J connectivity index is 2.08. The SMILES string of the molecule is CC[C@H](Oc1ccccc1OC)C(=O)O[C@H]1C(=O)OCC1(C)C. The van der Waals surface area contributed by atoms with Crippen molar-refractivity contribution in [3.63, 3.8) is 0 Å². The van der Waals surface area contributed by atoms with Crippen molar-refractivity contribution in [2.45, 2.75) is 39.4 Å². The molecule has 1 heterocycles. The molecule has 1 aliphatic rings. The van der Waals surface area contributed by atoms with Crippen LogP contribution in [0.5, 0.6) is 11.5 Å². The molecule has 6 nitrogen and oxygen atoms in total. The predicted molar refractivity (Wildman–Crippen MR) is 82.3 cm³/mol. The van der Waals surface area contributed by atoms with E-state index in [0.717, 1.165) is 0 Å². The third-order valence-corrected chi connectivity index (χ3v) is 3.72. The van der Waals surface area contributed by atoms with Gasteiger partial charge in [-0.1, -0.05) is 32.9 Å². The number of benzene rings is 1. The molecule has 0 radical (unpaired) electrons. The molecule has 0 spiro atoms. The first-order valence-electron chi connectivity index (χ1n) is 7.56. The van der Waals surface area contributed by atoms with Gasteiger partial charge in [-0.25, -0.2) is 9.59 Å². The van der Waals surface area contributed by atoms with Crippen LogP contribution in [0.1, 0.15) is 27.2 Å². The molecule has 0 bridgehead atoms. The summed E-state index contributed by atoms with van der Waals surface area (Å²) in [4.78, 5) is 24.1. The molecule has 6 heteroatoms. The van der Waals surface area contributed by atoms with Gasteiger partial charge < -0.3 is 18.9 Å². The van der Waals surface area contributed by atoms with Crippen LogP contribution in [0, 0.1) is 5.41 Å². The summed E-state index contributed by atoms with van der Waals surface area (Å²) in [5.74, 6) is -0.128. The normalized spacial score (nSPS) is 20.5. The molecule has 2 rings (SSSR count). The minimum Gasteiger partial charge on any atom is -0.493 e. The second kappa shape index (κ2) is 6.89. The van der Waals surface area contributed by atoms with Gasteiger partial charge in [0, 0.05) is 5.41 Å². The van der Waals surface area contributed by atoms with E-state index in [0.29, 0.717) is 17.9 Å². The van der Waals surface area contributed by atoms with E-state index < -0.39 is 29.6 Å². The molecule has 0 amide bonds. The summed E-state index contributed by atoms with van der Waals surface area (Å²) in [6, 6.07) is 7.04. The quantitative estimate of drug-likeness (QED) is 0.749. The lowest BCUT2D eigenvalue weighted by Crippen LogP contribution is -2.39. The summed E-state index contributed by atoms with van der Waals surface area (Å²) < 4.78 is 21.2. The van der Waals surface area contributed by atoms with Gasteiger partial charge in [-0.15, -0.1) is 0 Å². The number of cyclic esters (lactones) is 1. The first kappa shape index (κ1) is 17.1. The zero-order valence-corrected chi connectivity index (χ0v) is 13.8. The van der Waals surface area contributed by atoms with E-state index in [-0.39, 0.29) is 6.61 Å². The standard InChI is InChI=1S/C17H22O6/c1-5-11(22-13-9-7-6-8-12(13)20-4)15(18)23-14-16(19)21-10-17(14,2)3/h6-9,11,14H,5,10H2,1-4H3/t11-,14-/m0/s1. The number of hydrogen-bond donors (Lipinski definition) is 0. The van der Waals surface area contributed by atoms with Crippen molar-refractivity contribution in [3.05, 3.63) is 24.3 Å². The van der Waals surface area contributed by atoms with Crippen molar-refractivity contribution in [2.24, 2.45) is 5.41 Å². The highest BCUT2D eigenvalue weighted by Gasteiger charge is 2.47. The average molecular weight is 322 g/mol. The van der Waals surface area contributed by atoms with Crippen LogP contribution in [-0.4, -0.2) is 37.9 Å². The fourth-order valence-corrected chi connectivity index (χ4v) is 2.29. The van der Waals surface area contributed by atoms with Gasteiger partial charge in [0.15, 0.2) is 17.6 Å². The van der Waals surface area contributed by atoms with Gasteiger partial charge in [-0.2, -0.15) is 0 Å². The number of esters is 2. The van der Waals surface area contributed by atoms with Gasteiger partial charge in [0.05, 0.1) is 7.11 Å². The second-order valence-electron chi connectivity index (χ2n) is 6.08. The number of carbonyl (C=O) groups excluding carboxylic acids is 2. The van der Waals surface area contributed by atoms with Crippen molar-refractivity contribution in [3.8, 4) is 11.5 Å². The van der Waals surface area contributed by atoms with Crippen LogP contribution in [0.15, 0.2) is 24.3 Å². The van der Waals surface area contributed by atoms with Crippen LogP contribution in [-0.2, 0) is 19.1 Å². The van der Waals surface area contributed by atoms with E-state index in [2.05, 4.69) is 0 Å². The average Bonchev–Trinajstić information content (AvgIpc) is 2.79. The molecule has 1 aromatic rings. The Morgan fingerprint density at radius 3 is 2.52 bits per heavy atom. The molecule has 0 saturated carbocycles. The summed E-state index contributed by atoms with van der Waals surface area (Å²) in [6.45, 7) is 5.67. The minimum atomic E-state index is -0.912. The molecular formula is C17H22O6. The molecule has 126 valence electrons. The highest BCUT2D eigenvalue weighted by molar-refractivity contribution is 5.83. The lowest BCUT2D eigenvalue weighted by atomic mass is 9.90. The Morgan fingerprint density at radius 1 is 1.35 bits per heavy atom. The molecule has 0 aliphatic carbocycles. The maximum absolute atomic E-state index is 12.4. The van der Waals surface area contributed by atoms with Crippen LogP contribution in [0.25, 0.3) is 0 Å². The molecule has 0 unspecified atom stereocenters. The third-order valence-electron chi connectivity index (χ3n) is 3.72. The molecule has 0 N–H and O–H groups in total. The maximum atomic E-state index is 12.4. The largest absolute Gasteiger partial charge is 0.493 e. The van der Waals surface area contributed by atoms with Crippen LogP contribution in [0.4, 0.5) is 0 Å². The Morgan fingerprint density at radius 2 is 2.00 bits per heavy atom. The number of methoxy groups -OCH3 is 1. The number of rotatable bonds is 6. The first-order valence-corrected chi connectivity index (χ1v) is 7.56. The third kappa shape index (κ3) is 3.75. The van der Waals surface area contributed by atoms with Crippen LogP contribution in [0.2, 0.25) is 0 Å². The number of para-hydroxylation sites is 2. The van der Waals surface area contributed by atoms with Gasteiger partial charge in [0.2, 0.25) is 6.10 Å². The maximum Gasteiger partial charge on any atom is 0.348 e. The molecule has 1 aromatic carbocycles. The smallest absolute Gasteiger partial charge is 0.348 e. The van der Waals surface area contributed by atoms with E-state index >= 15 is 0 Å². The summed E-state index contributed by atoms with van der Waals surface area (Å²) >= 11 is 0. The molecule has 2 atom stereocenters. The molecule has 1 fully saturated rings. The van der Waals surface area contributed by atoms with Crippen molar-refractivity contribution < 1.29 is 28.5 Å². The van der Waals surface area contributed by atoms with E-state index in [4.69, 9.17) is 18.9 Å². The molecule has 0 aromatic heterocycles. The molecule has 1 saturated heterocycles. The first-order chi connectivity index (χ1) is 10.9. The van der Waals surface area contributed by atoms with Crippen molar-refractivity contribution in [1.82, 2.24) is 0 Å².